The van der Waals surface area contributed by atoms with Gasteiger partial charge in [0.15, 0.2) is 5.41 Å². The lowest BCUT2D eigenvalue weighted by Gasteiger charge is -2.40. The number of nitrogen functional groups attached to an aromatic ring is 1. The Bertz CT molecular complexity index is 704. The van der Waals surface area contributed by atoms with E-state index in [1.165, 1.54) is 24.3 Å². The van der Waals surface area contributed by atoms with E-state index in [9.17, 15) is 31.1 Å². The quantitative estimate of drug-likeness (QED) is 0.555. The summed E-state index contributed by atoms with van der Waals surface area (Å²) in [4.78, 5) is 12.2. The largest absolute Gasteiger partial charge is 0.407 e. The van der Waals surface area contributed by atoms with E-state index in [1.807, 2.05) is 5.32 Å². The van der Waals surface area contributed by atoms with Crippen molar-refractivity contribution >= 4 is 17.3 Å². The van der Waals surface area contributed by atoms with Gasteiger partial charge in [0.05, 0.1) is 5.92 Å². The van der Waals surface area contributed by atoms with Crippen molar-refractivity contribution < 1.29 is 31.1 Å². The molecule has 1 unspecified atom stereocenters. The minimum Gasteiger partial charge on any atom is -0.399 e. The van der Waals surface area contributed by atoms with Gasteiger partial charge in [0.2, 0.25) is 5.91 Å². The maximum absolute atomic E-state index is 13.4. The number of allylic oxidation sites excluding steroid dienone is 2. The fraction of sp³-hybridized carbons (Fsp3) is 0.267. The molecule has 0 bridgehead atoms. The fourth-order valence-corrected chi connectivity index (χ4v) is 2.52. The summed E-state index contributed by atoms with van der Waals surface area (Å²) in [6.45, 7) is 0. The molecule has 0 spiro atoms. The van der Waals surface area contributed by atoms with Crippen molar-refractivity contribution in [2.45, 2.75) is 12.4 Å². The average Bonchev–Trinajstić information content (AvgIpc) is 2.47. The normalized spacial score (nSPS) is 20.1. The first-order chi connectivity index (χ1) is 11.4. The van der Waals surface area contributed by atoms with Gasteiger partial charge in [-0.2, -0.15) is 26.3 Å². The third-order valence-corrected chi connectivity index (χ3v) is 3.76. The number of nitrogens with two attached hydrogens (primary N) is 2. The summed E-state index contributed by atoms with van der Waals surface area (Å²) in [5, 5.41) is 2.04. The van der Waals surface area contributed by atoms with Crippen LogP contribution in [-0.2, 0) is 4.79 Å². The second-order valence-corrected chi connectivity index (χ2v) is 5.46. The highest BCUT2D eigenvalue weighted by molar-refractivity contribution is 5.95. The molecule has 0 saturated heterocycles. The molecule has 1 aliphatic carbocycles. The van der Waals surface area contributed by atoms with Crippen LogP contribution < -0.4 is 16.8 Å². The van der Waals surface area contributed by atoms with Crippen LogP contribution in [0.4, 0.5) is 37.7 Å². The van der Waals surface area contributed by atoms with E-state index in [1.54, 1.807) is 0 Å². The predicted octanol–water partition coefficient (Wildman–Crippen LogP) is 3.35. The van der Waals surface area contributed by atoms with Gasteiger partial charge >= 0.3 is 12.4 Å². The van der Waals surface area contributed by atoms with Crippen LogP contribution in [0.25, 0.3) is 0 Å². The number of halogens is 6. The highest BCUT2D eigenvalue weighted by atomic mass is 19.4. The topological polar surface area (TPSA) is 81.1 Å². The van der Waals surface area contributed by atoms with Gasteiger partial charge in [-0.05, 0) is 36.4 Å². The molecule has 1 aliphatic rings. The van der Waals surface area contributed by atoms with Crippen LogP contribution in [0.3, 0.4) is 0 Å². The fourth-order valence-electron chi connectivity index (χ4n) is 2.52. The van der Waals surface area contributed by atoms with Crippen molar-refractivity contribution in [3.63, 3.8) is 0 Å². The van der Waals surface area contributed by atoms with Crippen LogP contribution in [0, 0.1) is 11.3 Å². The van der Waals surface area contributed by atoms with Crippen LogP contribution in [0.5, 0.6) is 0 Å². The molecule has 5 N–H and O–H groups in total. The Balaban J connectivity index is 2.47. The molecule has 0 heterocycles. The summed E-state index contributed by atoms with van der Waals surface area (Å²) >= 11 is 0. The first kappa shape index (κ1) is 18.7. The van der Waals surface area contributed by atoms with Gasteiger partial charge in [-0.25, -0.2) is 0 Å². The van der Waals surface area contributed by atoms with Gasteiger partial charge in [-0.1, -0.05) is 6.08 Å². The molecule has 0 saturated carbocycles. The van der Waals surface area contributed by atoms with Gasteiger partial charge in [0.1, 0.15) is 0 Å². The first-order valence-electron chi connectivity index (χ1n) is 6.85. The number of hydrogen-bond acceptors (Lipinski definition) is 3. The third-order valence-electron chi connectivity index (χ3n) is 3.76. The molecule has 2 rings (SSSR count). The van der Waals surface area contributed by atoms with Crippen molar-refractivity contribution in [2.24, 2.45) is 17.1 Å². The Morgan fingerprint density at radius 3 is 2.00 bits per heavy atom. The molecule has 10 heteroatoms. The molecule has 1 atom stereocenters. The van der Waals surface area contributed by atoms with Gasteiger partial charge in [0.25, 0.3) is 0 Å². The number of benzene rings is 1. The standard InChI is InChI=1S/C15H13F6N3O/c16-14(17,18)13(15(19,20)21)7-9(23)3-6-11(13)12(25)24-10-4-1-8(22)2-5-10/h1-7,11H,22-23H2,(H,24,25). The monoisotopic (exact) mass is 365 g/mol. The maximum Gasteiger partial charge on any atom is 0.407 e. The zero-order chi connectivity index (χ0) is 19.0. The first-order valence-corrected chi connectivity index (χ1v) is 6.85. The lowest BCUT2D eigenvalue weighted by molar-refractivity contribution is -0.330. The van der Waals surface area contributed by atoms with Crippen LogP contribution in [0.1, 0.15) is 0 Å². The Morgan fingerprint density at radius 1 is 1.00 bits per heavy atom. The summed E-state index contributed by atoms with van der Waals surface area (Å²) < 4.78 is 80.5. The maximum atomic E-state index is 13.4. The van der Waals surface area contributed by atoms with Gasteiger partial charge in [-0.3, -0.25) is 4.79 Å². The van der Waals surface area contributed by atoms with E-state index in [4.69, 9.17) is 11.5 Å². The lowest BCUT2D eigenvalue weighted by Crippen LogP contribution is -2.57. The highest BCUT2D eigenvalue weighted by Gasteiger charge is 2.74. The lowest BCUT2D eigenvalue weighted by atomic mass is 9.70. The Labute approximate surface area is 138 Å². The summed E-state index contributed by atoms with van der Waals surface area (Å²) in [5.41, 5.74) is 5.76. The molecule has 0 aliphatic heterocycles. The van der Waals surface area contributed by atoms with Crippen molar-refractivity contribution in [1.29, 1.82) is 0 Å². The predicted molar refractivity (Wildman–Crippen MR) is 78.9 cm³/mol. The van der Waals surface area contributed by atoms with Crippen LogP contribution in [-0.4, -0.2) is 18.3 Å². The number of carbonyl (C=O) groups excluding carboxylic acids is 1. The smallest absolute Gasteiger partial charge is 0.399 e. The van der Waals surface area contributed by atoms with Crippen molar-refractivity contribution in [2.75, 3.05) is 11.1 Å². The molecule has 136 valence electrons. The van der Waals surface area contributed by atoms with Gasteiger partial charge < -0.3 is 16.8 Å². The number of alkyl halides is 6. The Kier molecular flexibility index (Phi) is 4.49. The van der Waals surface area contributed by atoms with E-state index < -0.39 is 35.3 Å². The van der Waals surface area contributed by atoms with E-state index >= 15 is 0 Å². The van der Waals surface area contributed by atoms with Gasteiger partial charge in [-0.15, -0.1) is 0 Å². The van der Waals surface area contributed by atoms with E-state index in [2.05, 4.69) is 0 Å². The van der Waals surface area contributed by atoms with Crippen molar-refractivity contribution in [1.82, 2.24) is 0 Å². The Hall–Kier alpha value is -2.65. The second-order valence-electron chi connectivity index (χ2n) is 5.46. The van der Waals surface area contributed by atoms with Crippen LogP contribution in [0.15, 0.2) is 48.2 Å². The number of anilines is 2. The molecule has 0 radical (unpaired) electrons. The molecule has 1 amide bonds. The Morgan fingerprint density at radius 2 is 1.52 bits per heavy atom. The molecule has 1 aromatic rings. The summed E-state index contributed by atoms with van der Waals surface area (Å²) in [6.07, 6.45) is -10.4. The van der Waals surface area contributed by atoms with Crippen LogP contribution >= 0.6 is 0 Å². The highest BCUT2D eigenvalue weighted by Crippen LogP contribution is 2.58. The van der Waals surface area contributed by atoms with Crippen LogP contribution in [0.2, 0.25) is 0 Å². The van der Waals surface area contributed by atoms with Crippen molar-refractivity contribution in [3.8, 4) is 0 Å². The third kappa shape index (κ3) is 3.28. The number of amides is 1. The van der Waals surface area contributed by atoms with Gasteiger partial charge in [0, 0.05) is 17.1 Å². The molecule has 4 nitrogen and oxygen atoms in total. The number of carbonyl (C=O) groups is 1. The number of nitrogens with one attached hydrogen (secondary N) is 1. The molecule has 0 aromatic heterocycles. The minimum absolute atomic E-state index is 0.00775. The average molecular weight is 365 g/mol. The molecule has 25 heavy (non-hydrogen) atoms. The van der Waals surface area contributed by atoms with E-state index in [0.29, 0.717) is 11.8 Å². The molecule has 1 aromatic carbocycles. The molecular weight excluding hydrogens is 352 g/mol. The molecular formula is C15H13F6N3O. The minimum atomic E-state index is -5.79. The summed E-state index contributed by atoms with van der Waals surface area (Å²) in [6, 6.07) is 5.19. The zero-order valence-electron chi connectivity index (χ0n) is 12.4. The SMILES string of the molecule is NC1=CC(C(F)(F)F)(C(F)(F)F)C(C(=O)Nc2ccc(N)cc2)C=C1. The summed E-state index contributed by atoms with van der Waals surface area (Å²) in [5.74, 6) is -4.04. The van der Waals surface area contributed by atoms with E-state index in [0.717, 1.165) is 6.08 Å². The second kappa shape index (κ2) is 6.01. The number of hydrogen-bond donors (Lipinski definition) is 3. The zero-order valence-corrected chi connectivity index (χ0v) is 12.4. The molecule has 0 fully saturated rings. The van der Waals surface area contributed by atoms with E-state index in [-0.39, 0.29) is 11.8 Å². The number of rotatable bonds is 2. The summed E-state index contributed by atoms with van der Waals surface area (Å²) in [7, 11) is 0. The van der Waals surface area contributed by atoms with Crippen molar-refractivity contribution in [3.05, 3.63) is 48.2 Å².